The fourth-order valence-electron chi connectivity index (χ4n) is 2.61. The van der Waals surface area contributed by atoms with Crippen LogP contribution < -0.4 is 10.1 Å². The molecular formula is C19H15F3N2O3. The Morgan fingerprint density at radius 3 is 2.30 bits per heavy atom. The zero-order chi connectivity index (χ0) is 19.7. The number of amides is 2. The molecule has 0 saturated carbocycles. The van der Waals surface area contributed by atoms with Gasteiger partial charge in [0.25, 0.3) is 11.8 Å². The molecule has 0 aromatic heterocycles. The summed E-state index contributed by atoms with van der Waals surface area (Å²) in [6.45, 7) is 1.13. The van der Waals surface area contributed by atoms with Crippen LogP contribution in [-0.2, 0) is 16.1 Å². The molecule has 0 atom stereocenters. The number of imide groups is 1. The Kier molecular flexibility index (Phi) is 4.89. The number of methoxy groups -OCH3 is 1. The van der Waals surface area contributed by atoms with Gasteiger partial charge in [0.15, 0.2) is 11.6 Å². The third kappa shape index (κ3) is 3.64. The van der Waals surface area contributed by atoms with Crippen LogP contribution in [0.25, 0.3) is 0 Å². The smallest absolute Gasteiger partial charge is 0.277 e. The summed E-state index contributed by atoms with van der Waals surface area (Å²) in [4.78, 5) is 25.4. The van der Waals surface area contributed by atoms with Gasteiger partial charge in [0, 0.05) is 17.3 Å². The minimum atomic E-state index is -0.777. The predicted octanol–water partition coefficient (Wildman–Crippen LogP) is 3.29. The molecule has 1 heterocycles. The van der Waals surface area contributed by atoms with Gasteiger partial charge in [-0.15, -0.1) is 0 Å². The lowest BCUT2D eigenvalue weighted by molar-refractivity contribution is -0.137. The zero-order valence-electron chi connectivity index (χ0n) is 14.5. The van der Waals surface area contributed by atoms with Crippen molar-refractivity contribution in [1.82, 2.24) is 4.90 Å². The first kappa shape index (κ1) is 18.5. The number of ether oxygens (including phenoxy) is 1. The highest BCUT2D eigenvalue weighted by atomic mass is 19.1. The van der Waals surface area contributed by atoms with E-state index in [1.54, 1.807) is 0 Å². The van der Waals surface area contributed by atoms with E-state index in [0.29, 0.717) is 5.56 Å². The number of benzene rings is 2. The molecule has 0 radical (unpaired) electrons. The number of hydrogen-bond acceptors (Lipinski definition) is 4. The van der Waals surface area contributed by atoms with Crippen LogP contribution in [0.15, 0.2) is 42.1 Å². The minimum absolute atomic E-state index is 0.000317. The van der Waals surface area contributed by atoms with Gasteiger partial charge in [0.05, 0.1) is 13.7 Å². The zero-order valence-corrected chi connectivity index (χ0v) is 14.5. The summed E-state index contributed by atoms with van der Waals surface area (Å²) >= 11 is 0. The van der Waals surface area contributed by atoms with Gasteiger partial charge < -0.3 is 10.1 Å². The largest absolute Gasteiger partial charge is 0.494 e. The third-order valence-electron chi connectivity index (χ3n) is 4.13. The molecule has 1 N–H and O–H groups in total. The first-order valence-corrected chi connectivity index (χ1v) is 7.92. The maximum Gasteiger partial charge on any atom is 0.277 e. The van der Waals surface area contributed by atoms with E-state index < -0.39 is 29.3 Å². The van der Waals surface area contributed by atoms with Crippen molar-refractivity contribution < 1.29 is 27.5 Å². The Hall–Kier alpha value is -3.29. The molecule has 2 aromatic rings. The van der Waals surface area contributed by atoms with Gasteiger partial charge in [-0.05, 0) is 36.8 Å². The van der Waals surface area contributed by atoms with Gasteiger partial charge in [0.1, 0.15) is 17.3 Å². The summed E-state index contributed by atoms with van der Waals surface area (Å²) in [5.74, 6) is -3.43. The lowest BCUT2D eigenvalue weighted by Crippen LogP contribution is -2.31. The van der Waals surface area contributed by atoms with Crippen molar-refractivity contribution in [2.24, 2.45) is 0 Å². The van der Waals surface area contributed by atoms with Crippen molar-refractivity contribution in [3.05, 3.63) is 70.7 Å². The van der Waals surface area contributed by atoms with E-state index in [1.165, 1.54) is 26.2 Å². The molecular weight excluding hydrogens is 361 g/mol. The minimum Gasteiger partial charge on any atom is -0.494 e. The summed E-state index contributed by atoms with van der Waals surface area (Å²) in [6.07, 6.45) is 1.03. The average Bonchev–Trinajstić information content (AvgIpc) is 2.87. The summed E-state index contributed by atoms with van der Waals surface area (Å²) in [6, 6.07) is 6.13. The topological polar surface area (TPSA) is 58.6 Å². The molecule has 2 amide bonds. The molecule has 27 heavy (non-hydrogen) atoms. The van der Waals surface area contributed by atoms with Crippen LogP contribution >= 0.6 is 0 Å². The molecule has 2 aromatic carbocycles. The molecule has 0 unspecified atom stereocenters. The highest BCUT2D eigenvalue weighted by Gasteiger charge is 2.31. The van der Waals surface area contributed by atoms with Crippen molar-refractivity contribution in [1.29, 1.82) is 0 Å². The van der Waals surface area contributed by atoms with Crippen molar-refractivity contribution in [3.63, 3.8) is 0 Å². The number of rotatable bonds is 5. The molecule has 140 valence electrons. The number of nitrogens with zero attached hydrogens (tertiary/aromatic N) is 1. The quantitative estimate of drug-likeness (QED) is 0.814. The van der Waals surface area contributed by atoms with Gasteiger partial charge in [-0.1, -0.05) is 6.07 Å². The fraction of sp³-hybridized carbons (Fsp3) is 0.158. The average molecular weight is 376 g/mol. The van der Waals surface area contributed by atoms with E-state index in [-0.39, 0.29) is 29.2 Å². The van der Waals surface area contributed by atoms with Crippen LogP contribution in [0, 0.1) is 24.4 Å². The van der Waals surface area contributed by atoms with Crippen molar-refractivity contribution in [2.45, 2.75) is 13.5 Å². The molecule has 0 aliphatic carbocycles. The van der Waals surface area contributed by atoms with Crippen LogP contribution in [0.3, 0.4) is 0 Å². The Labute approximate surface area is 153 Å². The summed E-state index contributed by atoms with van der Waals surface area (Å²) < 4.78 is 45.9. The second-order valence-corrected chi connectivity index (χ2v) is 5.95. The van der Waals surface area contributed by atoms with E-state index in [2.05, 4.69) is 5.32 Å². The van der Waals surface area contributed by atoms with Crippen LogP contribution in [-0.4, -0.2) is 23.8 Å². The molecule has 0 fully saturated rings. The molecule has 0 spiro atoms. The maximum atomic E-state index is 13.8. The molecule has 3 rings (SSSR count). The highest BCUT2D eigenvalue weighted by molar-refractivity contribution is 6.17. The normalized spacial score (nSPS) is 13.8. The second-order valence-electron chi connectivity index (χ2n) is 5.95. The predicted molar refractivity (Wildman–Crippen MR) is 91.3 cm³/mol. The third-order valence-corrected chi connectivity index (χ3v) is 4.13. The number of halogens is 3. The van der Waals surface area contributed by atoms with E-state index in [0.717, 1.165) is 29.2 Å². The van der Waals surface area contributed by atoms with Gasteiger partial charge in [-0.2, -0.15) is 0 Å². The fourth-order valence-corrected chi connectivity index (χ4v) is 2.61. The Bertz CT molecular complexity index is 950. The van der Waals surface area contributed by atoms with E-state index in [1.807, 2.05) is 0 Å². The van der Waals surface area contributed by atoms with Gasteiger partial charge in [-0.25, -0.2) is 13.2 Å². The van der Waals surface area contributed by atoms with Crippen LogP contribution in [0.5, 0.6) is 5.75 Å². The Morgan fingerprint density at radius 2 is 1.70 bits per heavy atom. The number of nitrogens with one attached hydrogen (secondary N) is 1. The molecule has 0 bridgehead atoms. The summed E-state index contributed by atoms with van der Waals surface area (Å²) in [5, 5.41) is 2.55. The Balaban J connectivity index is 1.76. The monoisotopic (exact) mass is 376 g/mol. The van der Waals surface area contributed by atoms with Crippen LogP contribution in [0.4, 0.5) is 18.9 Å². The first-order chi connectivity index (χ1) is 12.8. The molecule has 5 nitrogen and oxygen atoms in total. The SMILES string of the molecule is COc1ccc(CN2C(=O)C=C(Nc3cc(F)c(C)c(F)c3)C2=O)cc1F. The Morgan fingerprint density at radius 1 is 1.04 bits per heavy atom. The lowest BCUT2D eigenvalue weighted by atomic mass is 10.2. The molecule has 8 heteroatoms. The number of carbonyl (C=O) groups is 2. The first-order valence-electron chi connectivity index (χ1n) is 7.92. The van der Waals surface area contributed by atoms with Crippen LogP contribution in [0.2, 0.25) is 0 Å². The number of carbonyl (C=O) groups excluding carboxylic acids is 2. The van der Waals surface area contributed by atoms with Gasteiger partial charge >= 0.3 is 0 Å². The highest BCUT2D eigenvalue weighted by Crippen LogP contribution is 2.24. The number of anilines is 1. The molecule has 0 saturated heterocycles. The standard InChI is InChI=1S/C19H15F3N2O3/c1-10-13(20)6-12(7-14(10)21)23-16-8-18(25)24(19(16)26)9-11-3-4-17(27-2)15(22)5-11/h3-8,23H,9H2,1-2H3. The molecule has 1 aliphatic rings. The van der Waals surface area contributed by atoms with Crippen molar-refractivity contribution >= 4 is 17.5 Å². The summed E-state index contributed by atoms with van der Waals surface area (Å²) in [7, 11) is 1.32. The van der Waals surface area contributed by atoms with Gasteiger partial charge in [-0.3, -0.25) is 14.5 Å². The molecule has 1 aliphatic heterocycles. The van der Waals surface area contributed by atoms with Crippen molar-refractivity contribution in [3.8, 4) is 5.75 Å². The number of hydrogen-bond donors (Lipinski definition) is 1. The van der Waals surface area contributed by atoms with Crippen molar-refractivity contribution in [2.75, 3.05) is 12.4 Å². The van der Waals surface area contributed by atoms with E-state index in [4.69, 9.17) is 4.74 Å². The second kappa shape index (κ2) is 7.14. The van der Waals surface area contributed by atoms with Crippen LogP contribution in [0.1, 0.15) is 11.1 Å². The lowest BCUT2D eigenvalue weighted by Gasteiger charge is -2.16. The summed E-state index contributed by atoms with van der Waals surface area (Å²) in [5.41, 5.74) is 0.112. The van der Waals surface area contributed by atoms with E-state index >= 15 is 0 Å². The van der Waals surface area contributed by atoms with Gasteiger partial charge in [0.2, 0.25) is 0 Å². The maximum absolute atomic E-state index is 13.8. The van der Waals surface area contributed by atoms with E-state index in [9.17, 15) is 22.8 Å².